The summed E-state index contributed by atoms with van der Waals surface area (Å²) in [6.07, 6.45) is 5.17. The first-order chi connectivity index (χ1) is 7.79. The molecule has 1 aromatic rings. The molecular weight excluding hydrogens is 222 g/mol. The topological polar surface area (TPSA) is 54.0 Å². The van der Waals surface area contributed by atoms with Gasteiger partial charge in [0.05, 0.1) is 5.69 Å². The molecule has 0 spiro atoms. The van der Waals surface area contributed by atoms with Crippen molar-refractivity contribution in [2.45, 2.75) is 32.1 Å². The Balaban J connectivity index is 1.94. The molecule has 5 heteroatoms. The van der Waals surface area contributed by atoms with Crippen LogP contribution >= 0.6 is 11.3 Å². The molecule has 0 saturated heterocycles. The van der Waals surface area contributed by atoms with E-state index in [1.54, 1.807) is 11.3 Å². The molecule has 0 bridgehead atoms. The van der Waals surface area contributed by atoms with E-state index in [1.807, 2.05) is 7.05 Å². The third-order valence-electron chi connectivity index (χ3n) is 2.69. The number of nitrogens with zero attached hydrogens (tertiary/aromatic N) is 1. The first-order valence-electron chi connectivity index (χ1n) is 5.72. The smallest absolute Gasteiger partial charge is 0.227 e. The number of amides is 1. The summed E-state index contributed by atoms with van der Waals surface area (Å²) in [5, 5.41) is 6.59. The van der Waals surface area contributed by atoms with Crippen molar-refractivity contribution in [2.24, 2.45) is 0 Å². The van der Waals surface area contributed by atoms with Gasteiger partial charge in [-0.2, -0.15) is 0 Å². The second-order valence-corrected chi connectivity index (χ2v) is 5.08. The molecule has 4 nitrogen and oxygen atoms in total. The Labute approximate surface area is 99.5 Å². The van der Waals surface area contributed by atoms with Crippen molar-refractivity contribution in [3.63, 3.8) is 0 Å². The van der Waals surface area contributed by atoms with Crippen molar-refractivity contribution in [3.8, 4) is 0 Å². The summed E-state index contributed by atoms with van der Waals surface area (Å²) in [5.74, 6) is 0.0421. The monoisotopic (exact) mass is 239 g/mol. The van der Waals surface area contributed by atoms with Gasteiger partial charge < -0.3 is 10.6 Å². The zero-order valence-corrected chi connectivity index (χ0v) is 10.3. The average Bonchev–Trinajstić information content (AvgIpc) is 2.68. The highest BCUT2D eigenvalue weighted by atomic mass is 32.1. The van der Waals surface area contributed by atoms with Gasteiger partial charge in [-0.1, -0.05) is 0 Å². The molecule has 1 amide bonds. The molecule has 0 unspecified atom stereocenters. The molecule has 1 heterocycles. The van der Waals surface area contributed by atoms with E-state index in [0.717, 1.165) is 18.0 Å². The maximum atomic E-state index is 11.5. The molecule has 0 aliphatic heterocycles. The van der Waals surface area contributed by atoms with Crippen molar-refractivity contribution in [1.82, 2.24) is 10.3 Å². The Hall–Kier alpha value is -0.940. The van der Waals surface area contributed by atoms with E-state index in [9.17, 15) is 4.79 Å². The first kappa shape index (κ1) is 11.5. The molecule has 0 atom stereocenters. The second kappa shape index (κ2) is 5.41. The van der Waals surface area contributed by atoms with Gasteiger partial charge in [-0.25, -0.2) is 4.98 Å². The molecule has 0 aromatic carbocycles. The van der Waals surface area contributed by atoms with Crippen LogP contribution in [0.15, 0.2) is 0 Å². The van der Waals surface area contributed by atoms with Crippen molar-refractivity contribution >= 4 is 22.4 Å². The number of rotatable bonds is 4. The Morgan fingerprint density at radius 3 is 3.00 bits per heavy atom. The molecule has 2 N–H and O–H groups in total. The predicted molar refractivity (Wildman–Crippen MR) is 65.9 cm³/mol. The quantitative estimate of drug-likeness (QED) is 0.838. The molecule has 0 saturated carbocycles. The Bertz CT molecular complexity index is 352. The van der Waals surface area contributed by atoms with Gasteiger partial charge in [0.15, 0.2) is 5.13 Å². The van der Waals surface area contributed by atoms with Crippen molar-refractivity contribution < 1.29 is 4.79 Å². The van der Waals surface area contributed by atoms with E-state index in [-0.39, 0.29) is 5.91 Å². The Morgan fingerprint density at radius 2 is 2.25 bits per heavy atom. The molecule has 1 aliphatic carbocycles. The van der Waals surface area contributed by atoms with Crippen LogP contribution in [0.1, 0.15) is 29.8 Å². The fourth-order valence-corrected chi connectivity index (χ4v) is 2.89. The van der Waals surface area contributed by atoms with E-state index < -0.39 is 0 Å². The standard InChI is InChI=1S/C11H17N3OS/c1-12-7-6-10(15)14-11-13-8-4-2-3-5-9(8)16-11/h12H,2-7H2,1H3,(H,13,14,15). The maximum Gasteiger partial charge on any atom is 0.227 e. The lowest BCUT2D eigenvalue weighted by Crippen LogP contribution is -2.18. The number of nitrogens with one attached hydrogen (secondary N) is 2. The van der Waals surface area contributed by atoms with E-state index in [2.05, 4.69) is 15.6 Å². The number of aromatic nitrogens is 1. The number of hydrogen-bond acceptors (Lipinski definition) is 4. The highest BCUT2D eigenvalue weighted by Gasteiger charge is 2.15. The fourth-order valence-electron chi connectivity index (χ4n) is 1.83. The molecule has 88 valence electrons. The largest absolute Gasteiger partial charge is 0.319 e. The molecule has 1 aliphatic rings. The normalized spacial score (nSPS) is 14.6. The molecular formula is C11H17N3OS. The number of aryl methyl sites for hydroxylation is 2. The Morgan fingerprint density at radius 1 is 1.44 bits per heavy atom. The fraction of sp³-hybridized carbons (Fsp3) is 0.636. The zero-order valence-electron chi connectivity index (χ0n) is 9.51. The van der Waals surface area contributed by atoms with E-state index in [0.29, 0.717) is 13.0 Å². The van der Waals surface area contributed by atoms with Crippen molar-refractivity contribution in [1.29, 1.82) is 0 Å². The van der Waals surface area contributed by atoms with Gasteiger partial charge in [-0.05, 0) is 32.7 Å². The van der Waals surface area contributed by atoms with Gasteiger partial charge in [0, 0.05) is 17.8 Å². The third-order valence-corrected chi connectivity index (χ3v) is 3.77. The highest BCUT2D eigenvalue weighted by Crippen LogP contribution is 2.29. The van der Waals surface area contributed by atoms with Gasteiger partial charge in [-0.15, -0.1) is 11.3 Å². The van der Waals surface area contributed by atoms with Crippen LogP contribution in [0, 0.1) is 0 Å². The minimum absolute atomic E-state index is 0.0421. The number of hydrogen-bond donors (Lipinski definition) is 2. The van der Waals surface area contributed by atoms with Crippen LogP contribution in [0.5, 0.6) is 0 Å². The first-order valence-corrected chi connectivity index (χ1v) is 6.54. The van der Waals surface area contributed by atoms with Crippen molar-refractivity contribution in [2.75, 3.05) is 18.9 Å². The predicted octanol–water partition coefficient (Wildman–Crippen LogP) is 1.57. The summed E-state index contributed by atoms with van der Waals surface area (Å²) in [6, 6.07) is 0. The minimum Gasteiger partial charge on any atom is -0.319 e. The summed E-state index contributed by atoms with van der Waals surface area (Å²) in [7, 11) is 1.84. The molecule has 0 fully saturated rings. The van der Waals surface area contributed by atoms with Crippen LogP contribution in [0.3, 0.4) is 0 Å². The summed E-state index contributed by atoms with van der Waals surface area (Å²) < 4.78 is 0. The molecule has 2 rings (SSSR count). The van der Waals surface area contributed by atoms with Crippen LogP contribution < -0.4 is 10.6 Å². The van der Waals surface area contributed by atoms with Gasteiger partial charge >= 0.3 is 0 Å². The second-order valence-electron chi connectivity index (χ2n) is 4.00. The number of carbonyl (C=O) groups excluding carboxylic acids is 1. The minimum atomic E-state index is 0.0421. The number of fused-ring (bicyclic) bond motifs is 1. The highest BCUT2D eigenvalue weighted by molar-refractivity contribution is 7.15. The lowest BCUT2D eigenvalue weighted by atomic mass is 10.0. The summed E-state index contributed by atoms with van der Waals surface area (Å²) in [6.45, 7) is 0.705. The van der Waals surface area contributed by atoms with E-state index in [4.69, 9.17) is 0 Å². The third kappa shape index (κ3) is 2.80. The number of carbonyl (C=O) groups is 1. The lowest BCUT2D eigenvalue weighted by Gasteiger charge is -2.06. The summed E-state index contributed by atoms with van der Waals surface area (Å²) in [5.41, 5.74) is 1.19. The molecule has 16 heavy (non-hydrogen) atoms. The van der Waals surface area contributed by atoms with Crippen LogP contribution in [0.2, 0.25) is 0 Å². The summed E-state index contributed by atoms with van der Waals surface area (Å²) in [4.78, 5) is 17.3. The van der Waals surface area contributed by atoms with E-state index in [1.165, 1.54) is 23.4 Å². The van der Waals surface area contributed by atoms with Gasteiger partial charge in [-0.3, -0.25) is 4.79 Å². The number of thiazole rings is 1. The Kier molecular flexibility index (Phi) is 3.90. The van der Waals surface area contributed by atoms with Crippen LogP contribution in [-0.2, 0) is 17.6 Å². The van der Waals surface area contributed by atoms with Crippen molar-refractivity contribution in [3.05, 3.63) is 10.6 Å². The number of anilines is 1. The summed E-state index contributed by atoms with van der Waals surface area (Å²) >= 11 is 1.63. The van der Waals surface area contributed by atoms with Gasteiger partial charge in [0.25, 0.3) is 0 Å². The van der Waals surface area contributed by atoms with Gasteiger partial charge in [0.2, 0.25) is 5.91 Å². The molecule has 0 radical (unpaired) electrons. The average molecular weight is 239 g/mol. The van der Waals surface area contributed by atoms with E-state index >= 15 is 0 Å². The van der Waals surface area contributed by atoms with Crippen LogP contribution in [0.25, 0.3) is 0 Å². The lowest BCUT2D eigenvalue weighted by molar-refractivity contribution is -0.116. The SMILES string of the molecule is CNCCC(=O)Nc1nc2c(s1)CCCC2. The molecule has 1 aromatic heterocycles. The zero-order chi connectivity index (χ0) is 11.4. The van der Waals surface area contributed by atoms with Crippen LogP contribution in [0.4, 0.5) is 5.13 Å². The van der Waals surface area contributed by atoms with Gasteiger partial charge in [0.1, 0.15) is 0 Å². The maximum absolute atomic E-state index is 11.5. The van der Waals surface area contributed by atoms with Crippen LogP contribution in [-0.4, -0.2) is 24.5 Å².